The summed E-state index contributed by atoms with van der Waals surface area (Å²) >= 11 is 12.1. The summed E-state index contributed by atoms with van der Waals surface area (Å²) < 4.78 is 5.19. The van der Waals surface area contributed by atoms with Crippen LogP contribution in [0.2, 0.25) is 10.0 Å². The van der Waals surface area contributed by atoms with E-state index in [1.807, 2.05) is 0 Å². The molecule has 4 rings (SSSR count). The number of amides is 1. The van der Waals surface area contributed by atoms with Crippen LogP contribution < -0.4 is 10.6 Å². The zero-order valence-corrected chi connectivity index (χ0v) is 22.4. The molecule has 3 N–H and O–H groups in total. The van der Waals surface area contributed by atoms with Gasteiger partial charge in [0.05, 0.1) is 10.0 Å². The quantitative estimate of drug-likeness (QED) is 0.291. The number of halogens is 2. The summed E-state index contributed by atoms with van der Waals surface area (Å²) in [6.45, 7) is 2.39. The number of hydrogen-bond acceptors (Lipinski definition) is 6. The number of aromatic nitrogens is 1. The Hall–Kier alpha value is -2.55. The number of rotatable bonds is 13. The second kappa shape index (κ2) is 13.3. The molecule has 1 aliphatic heterocycles. The van der Waals surface area contributed by atoms with Crippen molar-refractivity contribution < 1.29 is 19.4 Å². The van der Waals surface area contributed by atoms with Crippen LogP contribution in [-0.4, -0.2) is 58.8 Å². The second-order valence-corrected chi connectivity index (χ2v) is 10.5. The van der Waals surface area contributed by atoms with Crippen molar-refractivity contribution in [2.24, 2.45) is 0 Å². The largest absolute Gasteiger partial charge is 0.480 e. The van der Waals surface area contributed by atoms with Crippen LogP contribution in [0.25, 0.3) is 0 Å². The topological polar surface area (TPSA) is 104 Å². The smallest absolute Gasteiger partial charge is 0.408 e. The minimum atomic E-state index is -1.08. The van der Waals surface area contributed by atoms with E-state index >= 15 is 0 Å². The Morgan fingerprint density at radius 3 is 2.81 bits per heavy atom. The number of unbranched alkanes of at least 4 members (excludes halogenated alkanes) is 1. The number of hydrogen-bond donors (Lipinski definition) is 3. The molecule has 2 heterocycles. The number of pyridine rings is 1. The highest BCUT2D eigenvalue weighted by molar-refractivity contribution is 6.42. The zero-order valence-electron chi connectivity index (χ0n) is 20.8. The van der Waals surface area contributed by atoms with Gasteiger partial charge in [-0.1, -0.05) is 41.4 Å². The van der Waals surface area contributed by atoms with Gasteiger partial charge >= 0.3 is 12.1 Å². The molecule has 200 valence electrons. The van der Waals surface area contributed by atoms with E-state index in [2.05, 4.69) is 27.7 Å². The predicted octanol–water partition coefficient (Wildman–Crippen LogP) is 5.30. The molecule has 37 heavy (non-hydrogen) atoms. The predicted molar refractivity (Wildman–Crippen MR) is 144 cm³/mol. The van der Waals surface area contributed by atoms with E-state index in [9.17, 15) is 14.7 Å². The highest BCUT2D eigenvalue weighted by atomic mass is 35.5. The van der Waals surface area contributed by atoms with Gasteiger partial charge in [0, 0.05) is 30.4 Å². The normalized spacial score (nSPS) is 15.5. The third kappa shape index (κ3) is 8.22. The number of carbonyl (C=O) groups excluding carboxylic acids is 1. The van der Waals surface area contributed by atoms with Gasteiger partial charge in [0.2, 0.25) is 0 Å². The molecule has 8 nitrogen and oxygen atoms in total. The fourth-order valence-corrected chi connectivity index (χ4v) is 4.96. The van der Waals surface area contributed by atoms with Crippen LogP contribution in [0.3, 0.4) is 0 Å². The lowest BCUT2D eigenvalue weighted by Crippen LogP contribution is -2.43. The summed E-state index contributed by atoms with van der Waals surface area (Å²) in [4.78, 5) is 31.2. The summed E-state index contributed by atoms with van der Waals surface area (Å²) in [6, 6.07) is 8.83. The third-order valence-electron chi connectivity index (χ3n) is 6.83. The molecule has 2 aromatic rings. The SMILES string of the molecule is O=C(N[C@@H](CCN(CCCCc1ccc2c(n1)NCCC2)C1CC1)C(=O)O)OCc1cccc(Cl)c1Cl. The van der Waals surface area contributed by atoms with Gasteiger partial charge in [-0.15, -0.1) is 0 Å². The van der Waals surface area contributed by atoms with Crippen molar-refractivity contribution >= 4 is 41.1 Å². The van der Waals surface area contributed by atoms with Crippen LogP contribution in [-0.2, 0) is 29.0 Å². The van der Waals surface area contributed by atoms with E-state index < -0.39 is 18.1 Å². The summed E-state index contributed by atoms with van der Waals surface area (Å²) in [5.74, 6) is -0.0506. The first-order valence-corrected chi connectivity index (χ1v) is 13.7. The maximum Gasteiger partial charge on any atom is 0.408 e. The molecule has 0 saturated heterocycles. The highest BCUT2D eigenvalue weighted by Gasteiger charge is 2.30. The summed E-state index contributed by atoms with van der Waals surface area (Å²) in [7, 11) is 0. The van der Waals surface area contributed by atoms with Gasteiger partial charge in [-0.05, 0) is 75.6 Å². The molecule has 0 unspecified atom stereocenters. The fourth-order valence-electron chi connectivity index (χ4n) is 4.59. The van der Waals surface area contributed by atoms with Gasteiger partial charge in [0.25, 0.3) is 0 Å². The molecule has 1 aromatic heterocycles. The monoisotopic (exact) mass is 548 g/mol. The van der Waals surface area contributed by atoms with Crippen molar-refractivity contribution in [2.45, 2.75) is 70.1 Å². The van der Waals surface area contributed by atoms with E-state index in [1.54, 1.807) is 18.2 Å². The molecular weight excluding hydrogens is 515 g/mol. The zero-order chi connectivity index (χ0) is 26.2. The Balaban J connectivity index is 1.20. The molecule has 1 atom stereocenters. The average molecular weight is 549 g/mol. The molecule has 0 bridgehead atoms. The van der Waals surface area contributed by atoms with Crippen molar-refractivity contribution in [1.82, 2.24) is 15.2 Å². The molecule has 0 radical (unpaired) electrons. The van der Waals surface area contributed by atoms with Crippen molar-refractivity contribution in [1.29, 1.82) is 0 Å². The summed E-state index contributed by atoms with van der Waals surface area (Å²) in [6.07, 6.45) is 6.97. The lowest BCUT2D eigenvalue weighted by molar-refractivity contribution is -0.139. The van der Waals surface area contributed by atoms with E-state index in [0.717, 1.165) is 69.5 Å². The number of benzene rings is 1. The van der Waals surface area contributed by atoms with Crippen LogP contribution in [0.1, 0.15) is 55.3 Å². The number of alkyl carbamates (subject to hydrolysis) is 1. The number of fused-ring (bicyclic) bond motifs is 1. The average Bonchev–Trinajstić information content (AvgIpc) is 3.73. The minimum absolute atomic E-state index is 0.0963. The van der Waals surface area contributed by atoms with Crippen LogP contribution >= 0.6 is 23.2 Å². The Morgan fingerprint density at radius 2 is 2.03 bits per heavy atom. The number of aliphatic carboxylic acids is 1. The Kier molecular flexibility index (Phi) is 9.88. The van der Waals surface area contributed by atoms with Crippen molar-refractivity contribution in [3.8, 4) is 0 Å². The number of ether oxygens (including phenoxy) is 1. The number of aryl methyl sites for hydroxylation is 2. The van der Waals surface area contributed by atoms with Gasteiger partial charge in [-0.25, -0.2) is 14.6 Å². The number of anilines is 1. The number of carbonyl (C=O) groups is 2. The van der Waals surface area contributed by atoms with E-state index in [4.69, 9.17) is 32.9 Å². The van der Waals surface area contributed by atoms with Crippen molar-refractivity contribution in [3.63, 3.8) is 0 Å². The standard InChI is InChI=1S/C27H34Cl2N4O4/c28-22-8-3-5-19(24(22)29)17-37-27(36)32-23(26(34)35)13-16-33(21-11-12-21)15-2-1-7-20-10-9-18-6-4-14-30-25(18)31-20/h3,5,8-10,21,23H,1-2,4,6-7,11-17H2,(H,30,31)(H,32,36)(H,34,35)/t23-/m0/s1. The maximum atomic E-state index is 12.3. The molecular formula is C27H34Cl2N4O4. The first-order valence-electron chi connectivity index (χ1n) is 13.0. The number of nitrogens with zero attached hydrogens (tertiary/aromatic N) is 2. The Morgan fingerprint density at radius 1 is 1.19 bits per heavy atom. The van der Waals surface area contributed by atoms with E-state index in [0.29, 0.717) is 34.6 Å². The van der Waals surface area contributed by atoms with Crippen LogP contribution in [0.4, 0.5) is 10.6 Å². The van der Waals surface area contributed by atoms with Gasteiger partial charge < -0.3 is 25.4 Å². The van der Waals surface area contributed by atoms with Gasteiger partial charge in [-0.2, -0.15) is 0 Å². The van der Waals surface area contributed by atoms with Crippen LogP contribution in [0, 0.1) is 0 Å². The molecule has 1 amide bonds. The van der Waals surface area contributed by atoms with Gasteiger partial charge in [-0.3, -0.25) is 0 Å². The Bertz CT molecular complexity index is 1100. The van der Waals surface area contributed by atoms with Gasteiger partial charge in [0.1, 0.15) is 18.5 Å². The van der Waals surface area contributed by atoms with Gasteiger partial charge in [0.15, 0.2) is 0 Å². The minimum Gasteiger partial charge on any atom is -0.480 e. The van der Waals surface area contributed by atoms with E-state index in [-0.39, 0.29) is 6.61 Å². The van der Waals surface area contributed by atoms with Crippen molar-refractivity contribution in [3.05, 3.63) is 57.2 Å². The molecule has 1 saturated carbocycles. The molecule has 0 spiro atoms. The number of carboxylic acids is 1. The molecule has 2 aliphatic rings. The first-order chi connectivity index (χ1) is 17.9. The molecule has 1 aliphatic carbocycles. The van der Waals surface area contributed by atoms with Crippen LogP contribution in [0.15, 0.2) is 30.3 Å². The molecule has 10 heteroatoms. The molecule has 1 fully saturated rings. The lowest BCUT2D eigenvalue weighted by Gasteiger charge is -2.24. The number of nitrogens with one attached hydrogen (secondary N) is 2. The third-order valence-corrected chi connectivity index (χ3v) is 7.69. The first kappa shape index (κ1) is 27.5. The Labute approximate surface area is 227 Å². The van der Waals surface area contributed by atoms with Crippen LogP contribution in [0.5, 0.6) is 0 Å². The second-order valence-electron chi connectivity index (χ2n) is 9.68. The molecule has 1 aromatic carbocycles. The fraction of sp³-hybridized carbons (Fsp3) is 0.519. The lowest BCUT2D eigenvalue weighted by atomic mass is 10.1. The maximum absolute atomic E-state index is 12.3. The number of carboxylic acid groups (broad SMARTS) is 1. The van der Waals surface area contributed by atoms with E-state index in [1.165, 1.54) is 5.56 Å². The summed E-state index contributed by atoms with van der Waals surface area (Å²) in [5, 5.41) is 16.2. The highest BCUT2D eigenvalue weighted by Crippen LogP contribution is 2.28. The van der Waals surface area contributed by atoms with Crippen molar-refractivity contribution in [2.75, 3.05) is 25.0 Å². The summed E-state index contributed by atoms with van der Waals surface area (Å²) in [5.41, 5.74) is 2.96.